The van der Waals surface area contributed by atoms with Crippen molar-refractivity contribution >= 4 is 45.7 Å². The highest BCUT2D eigenvalue weighted by molar-refractivity contribution is 7.10. The van der Waals surface area contributed by atoms with Crippen molar-refractivity contribution in [1.82, 2.24) is 40.1 Å². The maximum absolute atomic E-state index is 15.3. The molecule has 8 aliphatic rings. The van der Waals surface area contributed by atoms with E-state index in [4.69, 9.17) is 38.4 Å². The average molecular weight is 1060 g/mol. The number of thiazole rings is 1. The second-order valence-electron chi connectivity index (χ2n) is 23.3. The van der Waals surface area contributed by atoms with E-state index in [0.717, 1.165) is 108 Å². The lowest BCUT2D eigenvalue weighted by Gasteiger charge is -2.41. The molecule has 0 unspecified atom stereocenters. The minimum atomic E-state index is -1.05. The minimum absolute atomic E-state index is 0.0516. The lowest BCUT2D eigenvalue weighted by molar-refractivity contribution is -0.157. The van der Waals surface area contributed by atoms with E-state index in [0.29, 0.717) is 96.3 Å². The standard InChI is InChI=1S/C57H77N9O9S/c1-36(70-4)48-43(31-39(33-58-48)63-20-18-62(19-21-63)38-8-9-38)50-44-32-56(2,3)35-74-54(68)45-6-5-17-66(61-45)53(67)49(60-55(69)57-15-11-41(75-57)12-16-57)51(64-22-27-72-28-23-64)52-59-46(34-76-52)37-7-10-47(42(44)30-37)65(50)24-29-73-40-13-25-71-26-14-40/h7,10,30-31,33-34,36,38,40-41,45,49,51,61H,5-6,8-9,11-29,32,35H2,1-4H3,(H,60,69)/t36-,41?,45-,49-,51-,57?/m0/s1. The van der Waals surface area contributed by atoms with Crippen LogP contribution in [0.15, 0.2) is 35.8 Å². The zero-order valence-corrected chi connectivity index (χ0v) is 45.7. The Morgan fingerprint density at radius 2 is 1.71 bits per heavy atom. The molecule has 2 amide bonds. The number of cyclic esters (lactones) is 1. The molecular weight excluding hydrogens is 987 g/mol. The molecular formula is C57H77N9O9S. The number of nitrogens with one attached hydrogen (secondary N) is 2. The molecule has 410 valence electrons. The number of morpholine rings is 1. The maximum atomic E-state index is 15.3. The van der Waals surface area contributed by atoms with Gasteiger partial charge in [-0.1, -0.05) is 19.9 Å². The number of carbonyl (C=O) groups excluding carboxylic acids is 3. The van der Waals surface area contributed by atoms with Crippen molar-refractivity contribution in [2.45, 2.75) is 146 Å². The Labute approximate surface area is 450 Å². The summed E-state index contributed by atoms with van der Waals surface area (Å²) in [7, 11) is 1.74. The molecule has 76 heavy (non-hydrogen) atoms. The second kappa shape index (κ2) is 21.9. The monoisotopic (exact) mass is 1060 g/mol. The number of benzene rings is 1. The number of piperazine rings is 1. The lowest BCUT2D eigenvalue weighted by Crippen LogP contribution is -2.64. The van der Waals surface area contributed by atoms with Crippen LogP contribution in [0, 0.1) is 5.41 Å². The van der Waals surface area contributed by atoms with Crippen LogP contribution in [0.5, 0.6) is 0 Å². The van der Waals surface area contributed by atoms with Gasteiger partial charge in [0.15, 0.2) is 0 Å². The van der Waals surface area contributed by atoms with E-state index in [9.17, 15) is 9.59 Å². The summed E-state index contributed by atoms with van der Waals surface area (Å²) in [6.45, 7) is 15.3. The van der Waals surface area contributed by atoms with Gasteiger partial charge >= 0.3 is 5.97 Å². The molecule has 19 heteroatoms. The fourth-order valence-electron chi connectivity index (χ4n) is 13.0. The van der Waals surface area contributed by atoms with Gasteiger partial charge in [-0.05, 0) is 101 Å². The third kappa shape index (κ3) is 10.6. The van der Waals surface area contributed by atoms with E-state index in [2.05, 4.69) is 80.4 Å². The molecule has 1 saturated carbocycles. The predicted octanol–water partition coefficient (Wildman–Crippen LogP) is 6.21. The Balaban J connectivity index is 1.00. The van der Waals surface area contributed by atoms with E-state index in [-0.39, 0.29) is 36.7 Å². The zero-order chi connectivity index (χ0) is 52.1. The van der Waals surface area contributed by atoms with Gasteiger partial charge in [0.2, 0.25) is 0 Å². The molecule has 4 atom stereocenters. The Hall–Kier alpha value is -4.57. The Kier molecular flexibility index (Phi) is 15.0. The van der Waals surface area contributed by atoms with E-state index in [1.807, 2.05) is 6.20 Å². The van der Waals surface area contributed by atoms with E-state index in [1.54, 1.807) is 7.11 Å². The molecule has 1 aliphatic carbocycles. The average Bonchev–Trinajstić information content (AvgIpc) is 3.72. The lowest BCUT2D eigenvalue weighted by atomic mass is 9.84. The van der Waals surface area contributed by atoms with Gasteiger partial charge in [0.05, 0.1) is 79.7 Å². The molecule has 2 N–H and O–H groups in total. The number of hydrazine groups is 1. The summed E-state index contributed by atoms with van der Waals surface area (Å²) in [5.74, 6) is -1.01. The van der Waals surface area contributed by atoms with Crippen LogP contribution in [0.3, 0.4) is 0 Å². The van der Waals surface area contributed by atoms with Crippen LogP contribution in [-0.2, 0) is 55.8 Å². The highest BCUT2D eigenvalue weighted by atomic mass is 32.1. The number of anilines is 1. The summed E-state index contributed by atoms with van der Waals surface area (Å²) in [4.78, 5) is 62.4. The summed E-state index contributed by atoms with van der Waals surface area (Å²) in [6, 6.07) is 7.25. The zero-order valence-electron chi connectivity index (χ0n) is 44.9. The third-order valence-electron chi connectivity index (χ3n) is 17.6. The topological polar surface area (TPSA) is 174 Å². The molecule has 7 aliphatic heterocycles. The van der Waals surface area contributed by atoms with Gasteiger partial charge in [-0.25, -0.2) is 10.4 Å². The molecule has 7 fully saturated rings. The van der Waals surface area contributed by atoms with Crippen LogP contribution in [-0.4, -0.2) is 176 Å². The summed E-state index contributed by atoms with van der Waals surface area (Å²) in [5.41, 5.74) is 9.65. The molecule has 8 bridgehead atoms. The number of hydrogen-bond donors (Lipinski definition) is 2. The molecule has 6 saturated heterocycles. The van der Waals surface area contributed by atoms with Crippen LogP contribution in [0.25, 0.3) is 33.4 Å². The predicted molar refractivity (Wildman–Crippen MR) is 288 cm³/mol. The molecule has 0 spiro atoms. The summed E-state index contributed by atoms with van der Waals surface area (Å²) in [5, 5.41) is 8.68. The first-order chi connectivity index (χ1) is 36.9. The number of aromatic nitrogens is 3. The van der Waals surface area contributed by atoms with Crippen molar-refractivity contribution in [3.05, 3.63) is 52.1 Å². The first-order valence-corrected chi connectivity index (χ1v) is 29.2. The van der Waals surface area contributed by atoms with Gasteiger partial charge in [-0.3, -0.25) is 34.2 Å². The molecule has 0 radical (unpaired) electrons. The number of fused-ring (bicyclic) bond motifs is 8. The van der Waals surface area contributed by atoms with Gasteiger partial charge < -0.3 is 43.2 Å². The van der Waals surface area contributed by atoms with E-state index < -0.39 is 35.1 Å². The summed E-state index contributed by atoms with van der Waals surface area (Å²) in [6.07, 6.45) is 10.7. The van der Waals surface area contributed by atoms with Crippen LogP contribution in [0.1, 0.15) is 113 Å². The minimum Gasteiger partial charge on any atom is -0.464 e. The fourth-order valence-corrected chi connectivity index (χ4v) is 14.0. The van der Waals surface area contributed by atoms with Gasteiger partial charge in [-0.2, -0.15) is 0 Å². The number of esters is 1. The quantitative estimate of drug-likeness (QED) is 0.153. The van der Waals surface area contributed by atoms with Crippen molar-refractivity contribution in [1.29, 1.82) is 0 Å². The molecule has 4 aromatic rings. The highest BCUT2D eigenvalue weighted by Crippen LogP contribution is 2.46. The van der Waals surface area contributed by atoms with Crippen LogP contribution >= 0.6 is 11.3 Å². The molecule has 3 aromatic heterocycles. The second-order valence-corrected chi connectivity index (χ2v) is 24.2. The number of rotatable bonds is 12. The van der Waals surface area contributed by atoms with Gasteiger partial charge in [0, 0.05) is 112 Å². The van der Waals surface area contributed by atoms with Crippen molar-refractivity contribution in [3.8, 4) is 22.5 Å². The Morgan fingerprint density at radius 1 is 0.934 bits per heavy atom. The van der Waals surface area contributed by atoms with Crippen LogP contribution < -0.4 is 15.6 Å². The first kappa shape index (κ1) is 52.1. The number of nitrogens with zero attached hydrogens (tertiary/aromatic N) is 7. The number of carbonyl (C=O) groups is 3. The Bertz CT molecular complexity index is 2750. The maximum Gasteiger partial charge on any atom is 0.324 e. The first-order valence-electron chi connectivity index (χ1n) is 28.3. The van der Waals surface area contributed by atoms with Crippen molar-refractivity contribution in [2.75, 3.05) is 97.5 Å². The SMILES string of the molecule is CO[C@@H](C)c1ncc(N2CCN(C3CC3)CC2)cc1-c1c2c3cc(ccc3n1CCOC1CCOCC1)-c1csc(n1)[C@@H](N1CCOCC1)[C@H](NC(=O)C13CCC(CC1)O3)C(=O)N1CCC[C@H](N1)C(=O)OCC(C)(C)C2. The largest absolute Gasteiger partial charge is 0.464 e. The number of hydrogen-bond acceptors (Lipinski definition) is 16. The third-order valence-corrected chi connectivity index (χ3v) is 18.5. The van der Waals surface area contributed by atoms with Gasteiger partial charge in [0.25, 0.3) is 11.8 Å². The molecule has 10 heterocycles. The number of pyridine rings is 1. The number of methoxy groups -OCH3 is 1. The van der Waals surface area contributed by atoms with Gasteiger partial charge in [0.1, 0.15) is 22.7 Å². The smallest absolute Gasteiger partial charge is 0.324 e. The molecule has 18 nitrogen and oxygen atoms in total. The molecule has 12 rings (SSSR count). The highest BCUT2D eigenvalue weighted by Gasteiger charge is 2.54. The normalized spacial score (nSPS) is 28.4. The van der Waals surface area contributed by atoms with Crippen molar-refractivity contribution in [2.24, 2.45) is 5.41 Å². The number of amides is 2. The van der Waals surface area contributed by atoms with E-state index >= 15 is 4.79 Å². The summed E-state index contributed by atoms with van der Waals surface area (Å²) < 4.78 is 39.5. The summed E-state index contributed by atoms with van der Waals surface area (Å²) >= 11 is 1.50. The Morgan fingerprint density at radius 3 is 2.45 bits per heavy atom. The van der Waals surface area contributed by atoms with Crippen LogP contribution in [0.4, 0.5) is 5.69 Å². The molecule has 1 aromatic carbocycles. The van der Waals surface area contributed by atoms with Crippen molar-refractivity contribution in [3.63, 3.8) is 0 Å². The van der Waals surface area contributed by atoms with Crippen molar-refractivity contribution < 1.29 is 42.8 Å². The fraction of sp³-hybridized carbons (Fsp3) is 0.667. The van der Waals surface area contributed by atoms with Gasteiger partial charge in [-0.15, -0.1) is 11.3 Å². The van der Waals surface area contributed by atoms with Crippen LogP contribution in [0.2, 0.25) is 0 Å². The van der Waals surface area contributed by atoms with E-state index in [1.165, 1.54) is 29.2 Å². The number of ether oxygens (including phenoxy) is 6.